The number of furan rings is 1. The molecule has 0 saturated carbocycles. The van der Waals surface area contributed by atoms with E-state index in [1.807, 2.05) is 0 Å². The number of fused-ring (bicyclic) bond motifs is 5. The molecule has 0 aliphatic carbocycles. The maximum atomic E-state index is 6.29. The Labute approximate surface area is 302 Å². The number of benzene rings is 9. The first-order valence-corrected chi connectivity index (χ1v) is 17.7. The molecule has 0 N–H and O–H groups in total. The highest BCUT2D eigenvalue weighted by atomic mass is 16.3. The lowest BCUT2D eigenvalue weighted by Gasteiger charge is -2.26. The quantitative estimate of drug-likeness (QED) is 0.176. The van der Waals surface area contributed by atoms with E-state index >= 15 is 0 Å². The smallest absolute Gasteiger partial charge is 0.136 e. The predicted molar refractivity (Wildman–Crippen MR) is 220 cm³/mol. The SMILES string of the molecule is c1ccc(-c2ccc(N(c3ccc(-c4ccc5ccccc5c4)cc3)c3ccc(-c4ccc5oc6cc7ccccc7cc6c5c4)cc3)cc2)cc1. The van der Waals surface area contributed by atoms with Crippen molar-refractivity contribution in [1.82, 2.24) is 0 Å². The van der Waals surface area contributed by atoms with Gasteiger partial charge in [0.2, 0.25) is 0 Å². The second-order valence-corrected chi connectivity index (χ2v) is 13.4. The van der Waals surface area contributed by atoms with E-state index in [9.17, 15) is 0 Å². The van der Waals surface area contributed by atoms with Crippen LogP contribution in [0.4, 0.5) is 17.1 Å². The Kier molecular flexibility index (Phi) is 7.18. The molecule has 9 aromatic carbocycles. The minimum absolute atomic E-state index is 0.905. The van der Waals surface area contributed by atoms with Gasteiger partial charge in [0.1, 0.15) is 11.2 Å². The van der Waals surface area contributed by atoms with Gasteiger partial charge in [-0.1, -0.05) is 133 Å². The van der Waals surface area contributed by atoms with E-state index in [0.717, 1.165) is 50.1 Å². The van der Waals surface area contributed by atoms with Crippen molar-refractivity contribution in [2.24, 2.45) is 0 Å². The maximum Gasteiger partial charge on any atom is 0.136 e. The van der Waals surface area contributed by atoms with Crippen molar-refractivity contribution in [3.8, 4) is 33.4 Å². The van der Waals surface area contributed by atoms with E-state index in [-0.39, 0.29) is 0 Å². The fourth-order valence-corrected chi connectivity index (χ4v) is 7.50. The Morgan fingerprint density at radius 3 is 1.31 bits per heavy atom. The molecular formula is C50H33NO. The highest BCUT2D eigenvalue weighted by Gasteiger charge is 2.15. The molecule has 10 rings (SSSR count). The molecule has 0 atom stereocenters. The first-order chi connectivity index (χ1) is 25.7. The molecule has 0 aliphatic heterocycles. The van der Waals surface area contributed by atoms with Gasteiger partial charge in [-0.2, -0.15) is 0 Å². The zero-order chi connectivity index (χ0) is 34.4. The topological polar surface area (TPSA) is 16.4 Å². The molecule has 0 aliphatic rings. The number of hydrogen-bond acceptors (Lipinski definition) is 2. The van der Waals surface area contributed by atoms with Gasteiger partial charge in [0, 0.05) is 27.8 Å². The summed E-state index contributed by atoms with van der Waals surface area (Å²) in [7, 11) is 0. The van der Waals surface area contributed by atoms with Gasteiger partial charge >= 0.3 is 0 Å². The number of anilines is 3. The molecule has 0 radical (unpaired) electrons. The fraction of sp³-hybridized carbons (Fsp3) is 0. The third kappa shape index (κ3) is 5.39. The van der Waals surface area contributed by atoms with Gasteiger partial charge in [0.25, 0.3) is 0 Å². The van der Waals surface area contributed by atoms with Crippen LogP contribution in [0.2, 0.25) is 0 Å². The molecule has 10 aromatic rings. The van der Waals surface area contributed by atoms with Crippen LogP contribution in [0.5, 0.6) is 0 Å². The van der Waals surface area contributed by atoms with Crippen LogP contribution in [0, 0.1) is 0 Å². The van der Waals surface area contributed by atoms with Crippen molar-refractivity contribution in [1.29, 1.82) is 0 Å². The summed E-state index contributed by atoms with van der Waals surface area (Å²) in [6.07, 6.45) is 0. The second-order valence-electron chi connectivity index (χ2n) is 13.4. The summed E-state index contributed by atoms with van der Waals surface area (Å²) < 4.78 is 6.29. The number of rotatable bonds is 6. The summed E-state index contributed by atoms with van der Waals surface area (Å²) in [4.78, 5) is 2.33. The highest BCUT2D eigenvalue weighted by Crippen LogP contribution is 2.39. The molecule has 52 heavy (non-hydrogen) atoms. The zero-order valence-corrected chi connectivity index (χ0v) is 28.4. The molecular weight excluding hydrogens is 631 g/mol. The average Bonchev–Trinajstić information content (AvgIpc) is 3.57. The van der Waals surface area contributed by atoms with Gasteiger partial charge in [0.15, 0.2) is 0 Å². The molecule has 0 bridgehead atoms. The molecule has 1 aromatic heterocycles. The van der Waals surface area contributed by atoms with Crippen LogP contribution < -0.4 is 4.90 Å². The minimum atomic E-state index is 0.905. The van der Waals surface area contributed by atoms with Crippen LogP contribution in [0.1, 0.15) is 0 Å². The first kappa shape index (κ1) is 30.0. The minimum Gasteiger partial charge on any atom is -0.456 e. The highest BCUT2D eigenvalue weighted by molar-refractivity contribution is 6.11. The monoisotopic (exact) mass is 663 g/mol. The molecule has 0 unspecified atom stereocenters. The van der Waals surface area contributed by atoms with E-state index in [0.29, 0.717) is 0 Å². The first-order valence-electron chi connectivity index (χ1n) is 17.7. The van der Waals surface area contributed by atoms with Crippen molar-refractivity contribution in [2.45, 2.75) is 0 Å². The van der Waals surface area contributed by atoms with Crippen molar-refractivity contribution in [3.05, 3.63) is 200 Å². The summed E-state index contributed by atoms with van der Waals surface area (Å²) in [6, 6.07) is 71.8. The van der Waals surface area contributed by atoms with E-state index < -0.39 is 0 Å². The summed E-state index contributed by atoms with van der Waals surface area (Å²) in [6.45, 7) is 0. The van der Waals surface area contributed by atoms with Gasteiger partial charge in [-0.3, -0.25) is 0 Å². The average molecular weight is 664 g/mol. The zero-order valence-electron chi connectivity index (χ0n) is 28.4. The Bertz CT molecular complexity index is 2870. The summed E-state index contributed by atoms with van der Waals surface area (Å²) in [5.41, 5.74) is 12.2. The third-order valence-electron chi connectivity index (χ3n) is 10.2. The van der Waals surface area contributed by atoms with Crippen LogP contribution >= 0.6 is 0 Å². The number of hydrogen-bond donors (Lipinski definition) is 0. The van der Waals surface area contributed by atoms with Gasteiger partial charge < -0.3 is 9.32 Å². The van der Waals surface area contributed by atoms with E-state index in [2.05, 4.69) is 205 Å². The Hall–Kier alpha value is -6.90. The lowest BCUT2D eigenvalue weighted by molar-refractivity contribution is 0.669. The van der Waals surface area contributed by atoms with Crippen LogP contribution in [-0.4, -0.2) is 0 Å². The standard InChI is InChI=1S/C50H33NO/c1-2-8-34(9-3-1)36-16-23-44(24-17-36)51(45-25-18-37(19-26-45)42-15-14-35-10-4-5-11-39(35)30-42)46-27-20-38(21-28-46)43-22-29-49-47(32-43)48-31-40-12-6-7-13-41(40)33-50(48)52-49/h1-33H. The maximum absolute atomic E-state index is 6.29. The molecule has 2 heteroatoms. The van der Waals surface area contributed by atoms with E-state index in [1.54, 1.807) is 0 Å². The van der Waals surface area contributed by atoms with Crippen LogP contribution in [-0.2, 0) is 0 Å². The molecule has 244 valence electrons. The van der Waals surface area contributed by atoms with E-state index in [4.69, 9.17) is 4.42 Å². The Morgan fingerprint density at radius 1 is 0.269 bits per heavy atom. The molecule has 2 nitrogen and oxygen atoms in total. The molecule has 1 heterocycles. The lowest BCUT2D eigenvalue weighted by atomic mass is 10.00. The van der Waals surface area contributed by atoms with Gasteiger partial charge in [-0.15, -0.1) is 0 Å². The molecule has 0 spiro atoms. The van der Waals surface area contributed by atoms with E-state index in [1.165, 1.54) is 43.8 Å². The van der Waals surface area contributed by atoms with Crippen LogP contribution in [0.25, 0.3) is 76.9 Å². The van der Waals surface area contributed by atoms with Crippen molar-refractivity contribution >= 4 is 60.5 Å². The Morgan fingerprint density at radius 2 is 0.692 bits per heavy atom. The van der Waals surface area contributed by atoms with Gasteiger partial charge in [0.05, 0.1) is 0 Å². The fourth-order valence-electron chi connectivity index (χ4n) is 7.50. The third-order valence-corrected chi connectivity index (χ3v) is 10.2. The normalized spacial score (nSPS) is 11.5. The molecule has 0 fully saturated rings. The summed E-state index contributed by atoms with van der Waals surface area (Å²) >= 11 is 0. The van der Waals surface area contributed by atoms with Crippen molar-refractivity contribution in [3.63, 3.8) is 0 Å². The van der Waals surface area contributed by atoms with Crippen LogP contribution in [0.3, 0.4) is 0 Å². The largest absolute Gasteiger partial charge is 0.456 e. The summed E-state index contributed by atoms with van der Waals surface area (Å²) in [5.74, 6) is 0. The molecule has 0 amide bonds. The van der Waals surface area contributed by atoms with Gasteiger partial charge in [-0.25, -0.2) is 0 Å². The Balaban J connectivity index is 1.02. The van der Waals surface area contributed by atoms with Crippen molar-refractivity contribution < 1.29 is 4.42 Å². The lowest BCUT2D eigenvalue weighted by Crippen LogP contribution is -2.09. The number of nitrogens with zero attached hydrogens (tertiary/aromatic N) is 1. The predicted octanol–water partition coefficient (Wildman–Crippen LogP) is 14.4. The molecule has 0 saturated heterocycles. The summed E-state index contributed by atoms with van der Waals surface area (Å²) in [5, 5.41) is 7.18. The van der Waals surface area contributed by atoms with Crippen LogP contribution in [0.15, 0.2) is 205 Å². The van der Waals surface area contributed by atoms with Gasteiger partial charge in [-0.05, 0) is 122 Å². The second kappa shape index (κ2) is 12.5. The van der Waals surface area contributed by atoms with Crippen molar-refractivity contribution in [2.75, 3.05) is 4.90 Å².